The van der Waals surface area contributed by atoms with Crippen molar-refractivity contribution in [1.82, 2.24) is 15.1 Å². The predicted molar refractivity (Wildman–Crippen MR) is 113 cm³/mol. The van der Waals surface area contributed by atoms with Crippen LogP contribution < -0.4 is 4.74 Å². The fraction of sp³-hybridized carbons (Fsp3) is 0.217. The number of rotatable bonds is 7. The minimum absolute atomic E-state index is 0.167. The van der Waals surface area contributed by atoms with Gasteiger partial charge in [-0.05, 0) is 30.7 Å². The van der Waals surface area contributed by atoms with Gasteiger partial charge in [-0.25, -0.2) is 9.78 Å². The third kappa shape index (κ3) is 4.10. The molecule has 0 bridgehead atoms. The molecule has 0 aliphatic rings. The average molecular weight is 419 g/mol. The van der Waals surface area contributed by atoms with Gasteiger partial charge in [-0.1, -0.05) is 35.5 Å². The molecule has 4 rings (SSSR count). The molecule has 4 aromatic rings. The lowest BCUT2D eigenvalue weighted by atomic mass is 10.0. The van der Waals surface area contributed by atoms with Crippen molar-refractivity contribution in [3.05, 3.63) is 71.2 Å². The molecule has 0 amide bonds. The number of carbonyl (C=O) groups excluding carboxylic acids is 1. The standard InChI is InChI=1S/C23H21N3O5/c1-14-15-8-4-6-10-17(15)24-18(12-28-2)21(14)23(27)30-13-20-25-22(26-31-20)16-9-5-7-11-19(16)29-3/h4-11H,12-13H2,1-3H3. The fourth-order valence-electron chi connectivity index (χ4n) is 3.40. The number of hydrogen-bond acceptors (Lipinski definition) is 8. The van der Waals surface area contributed by atoms with Gasteiger partial charge < -0.3 is 18.7 Å². The normalized spacial score (nSPS) is 10.9. The van der Waals surface area contributed by atoms with E-state index in [1.165, 1.54) is 0 Å². The van der Waals surface area contributed by atoms with E-state index in [1.54, 1.807) is 20.3 Å². The minimum atomic E-state index is -0.528. The molecule has 31 heavy (non-hydrogen) atoms. The first-order valence-electron chi connectivity index (χ1n) is 9.62. The number of methoxy groups -OCH3 is 2. The van der Waals surface area contributed by atoms with Crippen molar-refractivity contribution in [2.24, 2.45) is 0 Å². The van der Waals surface area contributed by atoms with E-state index in [9.17, 15) is 4.79 Å². The summed E-state index contributed by atoms with van der Waals surface area (Å²) >= 11 is 0. The number of para-hydroxylation sites is 2. The maximum Gasteiger partial charge on any atom is 0.340 e. The molecule has 0 fully saturated rings. The summed E-state index contributed by atoms with van der Waals surface area (Å²) < 4.78 is 21.3. The molecule has 2 aromatic carbocycles. The van der Waals surface area contributed by atoms with Gasteiger partial charge in [-0.3, -0.25) is 0 Å². The van der Waals surface area contributed by atoms with Crippen molar-refractivity contribution in [2.75, 3.05) is 14.2 Å². The lowest BCUT2D eigenvalue weighted by Crippen LogP contribution is -2.13. The first-order chi connectivity index (χ1) is 15.1. The van der Waals surface area contributed by atoms with Crippen LogP contribution in [0, 0.1) is 6.92 Å². The Balaban J connectivity index is 1.57. The zero-order valence-corrected chi connectivity index (χ0v) is 17.4. The van der Waals surface area contributed by atoms with Crippen LogP contribution in [0.3, 0.4) is 0 Å². The second-order valence-corrected chi connectivity index (χ2v) is 6.80. The first-order valence-corrected chi connectivity index (χ1v) is 9.62. The Bertz CT molecular complexity index is 1240. The molecule has 8 nitrogen and oxygen atoms in total. The van der Waals surface area contributed by atoms with Gasteiger partial charge in [0.15, 0.2) is 6.61 Å². The van der Waals surface area contributed by atoms with Crippen LogP contribution in [-0.4, -0.2) is 35.3 Å². The highest BCUT2D eigenvalue weighted by Crippen LogP contribution is 2.28. The van der Waals surface area contributed by atoms with Gasteiger partial charge in [0.05, 0.1) is 36.1 Å². The molecule has 0 spiro atoms. The number of benzene rings is 2. The minimum Gasteiger partial charge on any atom is -0.496 e. The van der Waals surface area contributed by atoms with Gasteiger partial charge >= 0.3 is 5.97 Å². The molecule has 158 valence electrons. The summed E-state index contributed by atoms with van der Waals surface area (Å²) in [4.78, 5) is 21.8. The van der Waals surface area contributed by atoms with Crippen molar-refractivity contribution < 1.29 is 23.5 Å². The lowest BCUT2D eigenvalue weighted by Gasteiger charge is -2.13. The van der Waals surface area contributed by atoms with E-state index in [4.69, 9.17) is 18.7 Å². The molecule has 0 radical (unpaired) electrons. The molecular weight excluding hydrogens is 398 g/mol. The Morgan fingerprint density at radius 1 is 1.00 bits per heavy atom. The van der Waals surface area contributed by atoms with Gasteiger partial charge in [-0.15, -0.1) is 0 Å². The van der Waals surface area contributed by atoms with E-state index in [2.05, 4.69) is 15.1 Å². The summed E-state index contributed by atoms with van der Waals surface area (Å²) in [6.45, 7) is 1.89. The van der Waals surface area contributed by atoms with Gasteiger partial charge in [0.25, 0.3) is 5.89 Å². The third-order valence-corrected chi connectivity index (χ3v) is 4.85. The van der Waals surface area contributed by atoms with Crippen LogP contribution in [0.1, 0.15) is 27.5 Å². The molecule has 0 atom stereocenters. The quantitative estimate of drug-likeness (QED) is 0.413. The molecule has 0 aliphatic carbocycles. The highest BCUT2D eigenvalue weighted by atomic mass is 16.6. The van der Waals surface area contributed by atoms with E-state index in [-0.39, 0.29) is 19.1 Å². The van der Waals surface area contributed by atoms with Crippen molar-refractivity contribution in [1.29, 1.82) is 0 Å². The Morgan fingerprint density at radius 2 is 1.77 bits per heavy atom. The van der Waals surface area contributed by atoms with Crippen LogP contribution >= 0.6 is 0 Å². The van der Waals surface area contributed by atoms with Gasteiger partial charge in [-0.2, -0.15) is 4.98 Å². The van der Waals surface area contributed by atoms with Gasteiger partial charge in [0, 0.05) is 12.5 Å². The SMILES string of the molecule is COCc1nc2ccccc2c(C)c1C(=O)OCc1nc(-c2ccccc2OC)no1. The van der Waals surface area contributed by atoms with E-state index in [0.717, 1.165) is 16.5 Å². The van der Waals surface area contributed by atoms with Crippen molar-refractivity contribution in [3.63, 3.8) is 0 Å². The smallest absolute Gasteiger partial charge is 0.340 e. The maximum absolute atomic E-state index is 12.9. The zero-order valence-electron chi connectivity index (χ0n) is 17.4. The number of nitrogens with zero attached hydrogens (tertiary/aromatic N) is 3. The summed E-state index contributed by atoms with van der Waals surface area (Å²) in [5, 5.41) is 4.84. The number of ether oxygens (including phenoxy) is 3. The topological polar surface area (TPSA) is 96.6 Å². The maximum atomic E-state index is 12.9. The van der Waals surface area contributed by atoms with Crippen LogP contribution in [0.15, 0.2) is 53.1 Å². The van der Waals surface area contributed by atoms with E-state index in [0.29, 0.717) is 28.4 Å². The third-order valence-electron chi connectivity index (χ3n) is 4.85. The summed E-state index contributed by atoms with van der Waals surface area (Å²) in [7, 11) is 3.12. The number of carbonyl (C=O) groups is 1. The number of aryl methyl sites for hydroxylation is 1. The van der Waals surface area contributed by atoms with Crippen molar-refractivity contribution in [2.45, 2.75) is 20.1 Å². The Morgan fingerprint density at radius 3 is 2.58 bits per heavy atom. The molecule has 0 saturated carbocycles. The van der Waals surface area contributed by atoms with Crippen LogP contribution in [0.2, 0.25) is 0 Å². The number of esters is 1. The number of pyridine rings is 1. The molecule has 0 saturated heterocycles. The molecule has 8 heteroatoms. The predicted octanol–water partition coefficient (Wildman–Crippen LogP) is 4.11. The largest absolute Gasteiger partial charge is 0.496 e. The van der Waals surface area contributed by atoms with Crippen molar-refractivity contribution >= 4 is 16.9 Å². The zero-order chi connectivity index (χ0) is 21.8. The summed E-state index contributed by atoms with van der Waals surface area (Å²) in [5.41, 5.74) is 3.15. The van der Waals surface area contributed by atoms with Crippen LogP contribution in [0.4, 0.5) is 0 Å². The Hall–Kier alpha value is -3.78. The van der Waals surface area contributed by atoms with Crippen LogP contribution in [-0.2, 0) is 22.7 Å². The van der Waals surface area contributed by atoms with E-state index >= 15 is 0 Å². The second-order valence-electron chi connectivity index (χ2n) is 6.80. The Labute approximate surface area is 178 Å². The first kappa shape index (κ1) is 20.5. The lowest BCUT2D eigenvalue weighted by molar-refractivity contribution is 0.0423. The summed E-state index contributed by atoms with van der Waals surface area (Å²) in [6.07, 6.45) is 0. The number of hydrogen-bond donors (Lipinski definition) is 0. The highest BCUT2D eigenvalue weighted by molar-refractivity contribution is 5.98. The molecule has 2 aromatic heterocycles. The summed E-state index contributed by atoms with van der Waals surface area (Å²) in [5.74, 6) is 0.620. The van der Waals surface area contributed by atoms with E-state index in [1.807, 2.05) is 49.4 Å². The van der Waals surface area contributed by atoms with Gasteiger partial charge in [0.2, 0.25) is 5.82 Å². The van der Waals surface area contributed by atoms with Crippen LogP contribution in [0.5, 0.6) is 5.75 Å². The van der Waals surface area contributed by atoms with E-state index < -0.39 is 5.97 Å². The van der Waals surface area contributed by atoms with Crippen molar-refractivity contribution in [3.8, 4) is 17.1 Å². The molecule has 0 unspecified atom stereocenters. The highest BCUT2D eigenvalue weighted by Gasteiger charge is 2.21. The average Bonchev–Trinajstić information content (AvgIpc) is 3.27. The van der Waals surface area contributed by atoms with Crippen LogP contribution in [0.25, 0.3) is 22.3 Å². The Kier molecular flexibility index (Phi) is 5.90. The fourth-order valence-corrected chi connectivity index (χ4v) is 3.40. The monoisotopic (exact) mass is 419 g/mol. The molecular formula is C23H21N3O5. The molecule has 0 N–H and O–H groups in total. The second kappa shape index (κ2) is 8.93. The molecule has 2 heterocycles. The molecule has 0 aliphatic heterocycles. The number of aromatic nitrogens is 3. The van der Waals surface area contributed by atoms with Gasteiger partial charge in [0.1, 0.15) is 5.75 Å². The number of fused-ring (bicyclic) bond motifs is 1. The summed E-state index contributed by atoms with van der Waals surface area (Å²) in [6, 6.07) is 14.9.